The first-order valence-electron chi connectivity index (χ1n) is 10.7. The van der Waals surface area contributed by atoms with Gasteiger partial charge in [-0.25, -0.2) is 4.79 Å². The molecule has 168 valence electrons. The Morgan fingerprint density at radius 1 is 0.788 bits per heavy atom. The van der Waals surface area contributed by atoms with Gasteiger partial charge in [0.2, 0.25) is 0 Å². The van der Waals surface area contributed by atoms with Crippen molar-refractivity contribution >= 4 is 28.7 Å². The lowest BCUT2D eigenvalue weighted by Gasteiger charge is -2.09. The number of esters is 1. The molecule has 0 aliphatic rings. The number of carbonyl (C=O) groups excluding carboxylic acids is 1. The Morgan fingerprint density at radius 2 is 1.33 bits per heavy atom. The number of azo groups is 2. The van der Waals surface area contributed by atoms with Crippen LogP contribution in [0.3, 0.4) is 0 Å². The summed E-state index contributed by atoms with van der Waals surface area (Å²) >= 11 is 0. The molecule has 0 heterocycles. The first kappa shape index (κ1) is 23.5. The molecule has 0 saturated heterocycles. The third-order valence-electron chi connectivity index (χ3n) is 4.53. The van der Waals surface area contributed by atoms with E-state index in [1.165, 1.54) is 0 Å². The normalized spacial score (nSPS) is 11.1. The van der Waals surface area contributed by atoms with E-state index in [1.54, 1.807) is 0 Å². The van der Waals surface area contributed by atoms with Crippen molar-refractivity contribution in [2.75, 3.05) is 13.2 Å². The minimum atomic E-state index is -0.402. The maximum Gasteiger partial charge on any atom is 0.330 e. The van der Waals surface area contributed by atoms with E-state index in [0.717, 1.165) is 53.0 Å². The summed E-state index contributed by atoms with van der Waals surface area (Å²) < 4.78 is 10.7. The molecule has 0 atom stereocenters. The quantitative estimate of drug-likeness (QED) is 0.132. The van der Waals surface area contributed by atoms with Gasteiger partial charge in [-0.15, -0.1) is 0 Å². The van der Waals surface area contributed by atoms with E-state index in [1.807, 2.05) is 79.7 Å². The minimum Gasteiger partial charge on any atom is -0.493 e. The monoisotopic (exact) mass is 442 g/mol. The molecular formula is C26H26N4O3. The predicted octanol–water partition coefficient (Wildman–Crippen LogP) is 7.71. The van der Waals surface area contributed by atoms with Crippen LogP contribution in [-0.2, 0) is 9.53 Å². The van der Waals surface area contributed by atoms with Gasteiger partial charge in [-0.2, -0.15) is 20.5 Å². The van der Waals surface area contributed by atoms with E-state index in [0.29, 0.717) is 13.2 Å². The van der Waals surface area contributed by atoms with Gasteiger partial charge in [0.15, 0.2) is 0 Å². The average molecular weight is 443 g/mol. The highest BCUT2D eigenvalue weighted by Crippen LogP contribution is 2.27. The summed E-state index contributed by atoms with van der Waals surface area (Å²) in [6.07, 6.45) is 2.68. The number of unbranched alkanes of at least 4 members (excludes halogenated alkanes) is 1. The van der Waals surface area contributed by atoms with Crippen LogP contribution in [-0.4, -0.2) is 19.2 Å². The molecule has 7 nitrogen and oxygen atoms in total. The zero-order valence-electron chi connectivity index (χ0n) is 18.6. The van der Waals surface area contributed by atoms with Crippen LogP contribution in [0.15, 0.2) is 106 Å². The van der Waals surface area contributed by atoms with Crippen molar-refractivity contribution in [3.05, 3.63) is 91.0 Å². The Morgan fingerprint density at radius 3 is 1.94 bits per heavy atom. The van der Waals surface area contributed by atoms with E-state index in [4.69, 9.17) is 9.47 Å². The zero-order chi connectivity index (χ0) is 23.3. The van der Waals surface area contributed by atoms with Gasteiger partial charge in [0.25, 0.3) is 0 Å². The van der Waals surface area contributed by atoms with Gasteiger partial charge in [-0.05, 0) is 79.9 Å². The van der Waals surface area contributed by atoms with E-state index < -0.39 is 5.97 Å². The summed E-state index contributed by atoms with van der Waals surface area (Å²) in [5.41, 5.74) is 3.99. The molecule has 0 bridgehead atoms. The summed E-state index contributed by atoms with van der Waals surface area (Å²) in [6, 6.07) is 22.6. The molecule has 0 N–H and O–H groups in total. The lowest BCUT2D eigenvalue weighted by molar-refractivity contribution is -0.137. The number of hydrogen-bond donors (Lipinski definition) is 0. The molecule has 0 amide bonds. The maximum absolute atomic E-state index is 11.0. The van der Waals surface area contributed by atoms with Crippen LogP contribution in [0, 0.1) is 6.92 Å². The Bertz CT molecular complexity index is 1110. The summed E-state index contributed by atoms with van der Waals surface area (Å²) in [5, 5.41) is 17.0. The van der Waals surface area contributed by atoms with Crippen molar-refractivity contribution in [2.24, 2.45) is 20.5 Å². The SMILES string of the molecule is C=CC(=O)OCCCCOc1ccc(/N=N/c2ccc(/N=N/c3ccccc3)cc2)cc1C. The van der Waals surface area contributed by atoms with Gasteiger partial charge in [0.05, 0.1) is 36.0 Å². The second kappa shape index (κ2) is 12.7. The summed E-state index contributed by atoms with van der Waals surface area (Å²) in [5.74, 6) is 0.395. The lowest BCUT2D eigenvalue weighted by Crippen LogP contribution is -2.04. The van der Waals surface area contributed by atoms with Crippen LogP contribution < -0.4 is 4.74 Å². The smallest absolute Gasteiger partial charge is 0.330 e. The minimum absolute atomic E-state index is 0.364. The Hall–Kier alpha value is -4.13. The van der Waals surface area contributed by atoms with Gasteiger partial charge < -0.3 is 9.47 Å². The van der Waals surface area contributed by atoms with Gasteiger partial charge in [-0.3, -0.25) is 0 Å². The molecule has 3 rings (SSSR count). The van der Waals surface area contributed by atoms with Crippen LogP contribution in [0.25, 0.3) is 0 Å². The van der Waals surface area contributed by atoms with Crippen molar-refractivity contribution in [1.82, 2.24) is 0 Å². The number of ether oxygens (including phenoxy) is 2. The van der Waals surface area contributed by atoms with Gasteiger partial charge >= 0.3 is 5.97 Å². The molecule has 0 aromatic heterocycles. The molecule has 0 spiro atoms. The standard InChI is InChI=1S/C26H26N4O3/c1-3-26(31)33-18-8-7-17-32-25-16-15-24(19-20(25)2)30-29-23-13-11-22(12-14-23)28-27-21-9-5-4-6-10-21/h3-6,9-16,19H,1,7-8,17-18H2,2H3/b28-27+,30-29+. The van der Waals surface area contributed by atoms with Crippen molar-refractivity contribution < 1.29 is 14.3 Å². The molecule has 33 heavy (non-hydrogen) atoms. The molecule has 0 saturated carbocycles. The van der Waals surface area contributed by atoms with E-state index in [2.05, 4.69) is 27.0 Å². The second-order valence-electron chi connectivity index (χ2n) is 7.13. The Labute approximate surface area is 193 Å². The Balaban J connectivity index is 1.48. The number of aryl methyl sites for hydroxylation is 1. The number of nitrogens with zero attached hydrogens (tertiary/aromatic N) is 4. The maximum atomic E-state index is 11.0. The molecule has 0 radical (unpaired) electrons. The third kappa shape index (κ3) is 8.14. The fraction of sp³-hybridized carbons (Fsp3) is 0.192. The first-order valence-corrected chi connectivity index (χ1v) is 10.7. The molecule has 7 heteroatoms. The molecule has 3 aromatic rings. The first-order chi connectivity index (χ1) is 16.1. The third-order valence-corrected chi connectivity index (χ3v) is 4.53. The largest absolute Gasteiger partial charge is 0.493 e. The highest BCUT2D eigenvalue weighted by molar-refractivity contribution is 5.81. The molecule has 0 aliphatic carbocycles. The Kier molecular flexibility index (Phi) is 9.03. The summed E-state index contributed by atoms with van der Waals surface area (Å²) in [7, 11) is 0. The second-order valence-corrected chi connectivity index (χ2v) is 7.13. The topological polar surface area (TPSA) is 85.0 Å². The number of benzene rings is 3. The average Bonchev–Trinajstić information content (AvgIpc) is 2.85. The number of carbonyl (C=O) groups is 1. The van der Waals surface area contributed by atoms with Crippen molar-refractivity contribution in [3.8, 4) is 5.75 Å². The van der Waals surface area contributed by atoms with E-state index >= 15 is 0 Å². The van der Waals surface area contributed by atoms with Crippen molar-refractivity contribution in [1.29, 1.82) is 0 Å². The van der Waals surface area contributed by atoms with E-state index in [-0.39, 0.29) is 0 Å². The van der Waals surface area contributed by atoms with E-state index in [9.17, 15) is 4.79 Å². The van der Waals surface area contributed by atoms with Gasteiger partial charge in [-0.1, -0.05) is 24.8 Å². The van der Waals surface area contributed by atoms with Crippen molar-refractivity contribution in [3.63, 3.8) is 0 Å². The fourth-order valence-corrected chi connectivity index (χ4v) is 2.79. The molecule has 0 aliphatic heterocycles. The van der Waals surface area contributed by atoms with Crippen LogP contribution in [0.2, 0.25) is 0 Å². The summed E-state index contributed by atoms with van der Waals surface area (Å²) in [4.78, 5) is 11.0. The molecule has 0 unspecified atom stereocenters. The van der Waals surface area contributed by atoms with Gasteiger partial charge in [0.1, 0.15) is 5.75 Å². The summed E-state index contributed by atoms with van der Waals surface area (Å²) in [6.45, 7) is 6.23. The van der Waals surface area contributed by atoms with Crippen molar-refractivity contribution in [2.45, 2.75) is 19.8 Å². The number of hydrogen-bond acceptors (Lipinski definition) is 7. The fourth-order valence-electron chi connectivity index (χ4n) is 2.79. The lowest BCUT2D eigenvalue weighted by atomic mass is 10.2. The van der Waals surface area contributed by atoms with Crippen LogP contribution in [0.4, 0.5) is 22.7 Å². The molecule has 0 fully saturated rings. The number of rotatable bonds is 11. The zero-order valence-corrected chi connectivity index (χ0v) is 18.6. The van der Waals surface area contributed by atoms with Crippen LogP contribution >= 0.6 is 0 Å². The van der Waals surface area contributed by atoms with Gasteiger partial charge in [0, 0.05) is 6.08 Å². The highest BCUT2D eigenvalue weighted by atomic mass is 16.5. The van der Waals surface area contributed by atoms with Crippen LogP contribution in [0.1, 0.15) is 18.4 Å². The van der Waals surface area contributed by atoms with Crippen LogP contribution in [0.5, 0.6) is 5.75 Å². The molecule has 3 aromatic carbocycles. The molecular weight excluding hydrogens is 416 g/mol. The predicted molar refractivity (Wildman–Crippen MR) is 128 cm³/mol. The highest BCUT2D eigenvalue weighted by Gasteiger charge is 2.02.